The van der Waals surface area contributed by atoms with Crippen molar-refractivity contribution in [3.63, 3.8) is 0 Å². The summed E-state index contributed by atoms with van der Waals surface area (Å²) in [6.07, 6.45) is -0.601. The number of carbonyl (C=O) groups excluding carboxylic acids is 4. The van der Waals surface area contributed by atoms with Crippen LogP contribution in [0.15, 0.2) is 0 Å². The number of amides is 4. The predicted molar refractivity (Wildman–Crippen MR) is 94.2 cm³/mol. The molecule has 4 amide bonds. The number of carbonyl (C=O) groups is 5. The molecule has 0 heterocycles. The monoisotopic (exact) mass is 405 g/mol. The van der Waals surface area contributed by atoms with Crippen LogP contribution in [0.1, 0.15) is 20.3 Å². The van der Waals surface area contributed by atoms with Crippen LogP contribution in [0, 0.1) is 5.92 Å². The molecule has 0 aromatic heterocycles. The molecule has 0 aliphatic rings. The van der Waals surface area contributed by atoms with Crippen molar-refractivity contribution in [3.05, 3.63) is 0 Å². The predicted octanol–water partition coefficient (Wildman–Crippen LogP) is -4.63. The summed E-state index contributed by atoms with van der Waals surface area (Å²) in [5, 5.41) is 33.3. The minimum atomic E-state index is -1.57. The maximum atomic E-state index is 12.5. The number of hydrogen-bond donors (Lipinski definition) is 8. The molecule has 0 radical (unpaired) electrons. The summed E-state index contributed by atoms with van der Waals surface area (Å²) in [7, 11) is 0. The van der Waals surface area contributed by atoms with Gasteiger partial charge in [-0.15, -0.1) is 0 Å². The zero-order valence-electron chi connectivity index (χ0n) is 15.5. The molecule has 0 saturated carbocycles. The lowest BCUT2D eigenvalue weighted by Gasteiger charge is -2.26. The number of aliphatic hydroxyl groups is 2. The van der Waals surface area contributed by atoms with Crippen LogP contribution in [-0.2, 0) is 24.0 Å². The maximum Gasteiger partial charge on any atom is 0.328 e. The SMILES string of the molecule is CC(C)C(NC(=O)C(CC(N)=O)NC(=O)C(N)CO)C(=O)NC(CO)C(=O)O. The summed E-state index contributed by atoms with van der Waals surface area (Å²) in [4.78, 5) is 58.6. The van der Waals surface area contributed by atoms with Gasteiger partial charge in [0.25, 0.3) is 0 Å². The van der Waals surface area contributed by atoms with Gasteiger partial charge >= 0.3 is 5.97 Å². The largest absolute Gasteiger partial charge is 0.480 e. The fourth-order valence-corrected chi connectivity index (χ4v) is 2.01. The van der Waals surface area contributed by atoms with E-state index in [4.69, 9.17) is 26.8 Å². The van der Waals surface area contributed by atoms with Crippen LogP contribution >= 0.6 is 0 Å². The second-order valence-electron chi connectivity index (χ2n) is 6.33. The van der Waals surface area contributed by atoms with Crippen molar-refractivity contribution in [2.45, 2.75) is 44.4 Å². The first-order valence-corrected chi connectivity index (χ1v) is 8.34. The summed E-state index contributed by atoms with van der Waals surface area (Å²) >= 11 is 0. The normalized spacial score (nSPS) is 15.1. The third kappa shape index (κ3) is 8.28. The Hall–Kier alpha value is -2.77. The van der Waals surface area contributed by atoms with Gasteiger partial charge < -0.3 is 42.7 Å². The van der Waals surface area contributed by atoms with Crippen molar-refractivity contribution in [1.29, 1.82) is 0 Å². The summed E-state index contributed by atoms with van der Waals surface area (Å²) < 4.78 is 0. The molecule has 0 rings (SSSR count). The van der Waals surface area contributed by atoms with E-state index in [-0.39, 0.29) is 0 Å². The third-order valence-electron chi connectivity index (χ3n) is 3.62. The Balaban J connectivity index is 5.32. The lowest BCUT2D eigenvalue weighted by molar-refractivity contribution is -0.143. The second kappa shape index (κ2) is 11.8. The zero-order valence-corrected chi connectivity index (χ0v) is 15.5. The number of nitrogens with one attached hydrogen (secondary N) is 3. The van der Waals surface area contributed by atoms with Crippen molar-refractivity contribution >= 4 is 29.6 Å². The molecule has 0 aliphatic heterocycles. The van der Waals surface area contributed by atoms with E-state index in [1.807, 2.05) is 0 Å². The fourth-order valence-electron chi connectivity index (χ4n) is 2.01. The lowest BCUT2D eigenvalue weighted by atomic mass is 10.0. The highest BCUT2D eigenvalue weighted by Gasteiger charge is 2.32. The Labute approximate surface area is 160 Å². The van der Waals surface area contributed by atoms with Gasteiger partial charge in [-0.2, -0.15) is 0 Å². The van der Waals surface area contributed by atoms with Gasteiger partial charge in [0.1, 0.15) is 24.2 Å². The topological polar surface area (TPSA) is 234 Å². The van der Waals surface area contributed by atoms with Gasteiger partial charge in [-0.1, -0.05) is 13.8 Å². The van der Waals surface area contributed by atoms with Crippen LogP contribution in [0.25, 0.3) is 0 Å². The number of aliphatic hydroxyl groups excluding tert-OH is 2. The van der Waals surface area contributed by atoms with Crippen LogP contribution in [-0.4, -0.2) is 82.3 Å². The first-order valence-electron chi connectivity index (χ1n) is 8.34. The molecule has 28 heavy (non-hydrogen) atoms. The maximum absolute atomic E-state index is 12.5. The third-order valence-corrected chi connectivity index (χ3v) is 3.62. The first kappa shape index (κ1) is 25.2. The summed E-state index contributed by atoms with van der Waals surface area (Å²) in [6, 6.07) is -5.62. The van der Waals surface area contributed by atoms with E-state index in [0.717, 1.165) is 0 Å². The number of carboxylic acids is 1. The minimum absolute atomic E-state index is 0.512. The Morgan fingerprint density at radius 1 is 0.857 bits per heavy atom. The van der Waals surface area contributed by atoms with Gasteiger partial charge in [0.2, 0.25) is 23.6 Å². The van der Waals surface area contributed by atoms with E-state index in [9.17, 15) is 24.0 Å². The van der Waals surface area contributed by atoms with Crippen LogP contribution in [0.5, 0.6) is 0 Å². The lowest BCUT2D eigenvalue weighted by Crippen LogP contribution is -2.59. The standard InChI is InChI=1S/C15H27N5O8/c1-6(2)11(14(26)19-9(5-22)15(27)28)20-13(25)8(3-10(17)23)18-12(24)7(16)4-21/h6-9,11,21-22H,3-5,16H2,1-2H3,(H2,17,23)(H,18,24)(H,19,26)(H,20,25)(H,27,28). The van der Waals surface area contributed by atoms with E-state index < -0.39 is 79.3 Å². The quantitative estimate of drug-likeness (QED) is 0.156. The average molecular weight is 405 g/mol. The number of aliphatic carboxylic acids is 1. The molecule has 0 fully saturated rings. The zero-order chi connectivity index (χ0) is 22.0. The van der Waals surface area contributed by atoms with Gasteiger partial charge in [-0.25, -0.2) is 4.79 Å². The van der Waals surface area contributed by atoms with E-state index in [0.29, 0.717) is 0 Å². The number of rotatable bonds is 12. The molecule has 4 unspecified atom stereocenters. The second-order valence-corrected chi connectivity index (χ2v) is 6.33. The smallest absolute Gasteiger partial charge is 0.328 e. The van der Waals surface area contributed by atoms with Crippen LogP contribution in [0.3, 0.4) is 0 Å². The van der Waals surface area contributed by atoms with E-state index in [2.05, 4.69) is 16.0 Å². The number of hydrogen-bond acceptors (Lipinski definition) is 8. The molecule has 4 atom stereocenters. The molecule has 0 aliphatic carbocycles. The summed E-state index contributed by atoms with van der Waals surface area (Å²) in [5.41, 5.74) is 10.4. The van der Waals surface area contributed by atoms with Crippen LogP contribution in [0.4, 0.5) is 0 Å². The van der Waals surface area contributed by atoms with E-state index >= 15 is 0 Å². The van der Waals surface area contributed by atoms with E-state index in [1.54, 1.807) is 13.8 Å². The molecule has 10 N–H and O–H groups in total. The van der Waals surface area contributed by atoms with Gasteiger partial charge in [-0.05, 0) is 5.92 Å². The van der Waals surface area contributed by atoms with Crippen molar-refractivity contribution < 1.29 is 39.3 Å². The Kier molecular flexibility index (Phi) is 10.7. The van der Waals surface area contributed by atoms with Crippen molar-refractivity contribution in [2.75, 3.05) is 13.2 Å². The van der Waals surface area contributed by atoms with Gasteiger partial charge in [0, 0.05) is 0 Å². The molecule has 160 valence electrons. The van der Waals surface area contributed by atoms with E-state index in [1.165, 1.54) is 0 Å². The highest BCUT2D eigenvalue weighted by molar-refractivity contribution is 5.96. The molecule has 13 nitrogen and oxygen atoms in total. The van der Waals surface area contributed by atoms with Gasteiger partial charge in [0.15, 0.2) is 0 Å². The Morgan fingerprint density at radius 3 is 1.79 bits per heavy atom. The molecule has 0 bridgehead atoms. The average Bonchev–Trinajstić information content (AvgIpc) is 2.61. The summed E-state index contributed by atoms with van der Waals surface area (Å²) in [5.74, 6) is -5.65. The van der Waals surface area contributed by atoms with Crippen molar-refractivity contribution in [3.8, 4) is 0 Å². The summed E-state index contributed by atoms with van der Waals surface area (Å²) in [6.45, 7) is 1.55. The minimum Gasteiger partial charge on any atom is -0.480 e. The molecule has 0 aromatic carbocycles. The molecule has 0 saturated heterocycles. The molecule has 0 aromatic rings. The molecule has 0 spiro atoms. The molecule has 13 heteroatoms. The van der Waals surface area contributed by atoms with Gasteiger partial charge in [-0.3, -0.25) is 19.2 Å². The highest BCUT2D eigenvalue weighted by atomic mass is 16.4. The molecular weight excluding hydrogens is 378 g/mol. The van der Waals surface area contributed by atoms with Crippen LogP contribution < -0.4 is 27.4 Å². The Morgan fingerprint density at radius 2 is 1.39 bits per heavy atom. The number of nitrogens with two attached hydrogens (primary N) is 2. The van der Waals surface area contributed by atoms with Crippen LogP contribution in [0.2, 0.25) is 0 Å². The number of carboxylic acid groups (broad SMARTS) is 1. The van der Waals surface area contributed by atoms with Crippen molar-refractivity contribution in [2.24, 2.45) is 17.4 Å². The fraction of sp³-hybridized carbons (Fsp3) is 0.667. The first-order chi connectivity index (χ1) is 12.9. The Bertz CT molecular complexity index is 597. The number of primary amides is 1. The molecular formula is C15H27N5O8. The van der Waals surface area contributed by atoms with Crippen molar-refractivity contribution in [1.82, 2.24) is 16.0 Å². The van der Waals surface area contributed by atoms with Gasteiger partial charge in [0.05, 0.1) is 19.6 Å². The highest BCUT2D eigenvalue weighted by Crippen LogP contribution is 2.05.